The maximum atomic E-state index is 12.4. The molecule has 3 unspecified atom stereocenters. The van der Waals surface area contributed by atoms with E-state index in [1.807, 2.05) is 0 Å². The Kier molecular flexibility index (Phi) is 2.97. The summed E-state index contributed by atoms with van der Waals surface area (Å²) in [4.78, 5) is 29.3. The molecule has 1 aromatic heterocycles. The first-order valence-corrected chi connectivity index (χ1v) is 6.62. The Morgan fingerprint density at radius 3 is 2.89 bits per heavy atom. The standard InChI is InChI=1S/C14H16N2O3/c17-13(9-4-2-6-15-7-9)16-8-10-3-1-5-11(10)12(16)14(18)19/h2,4,6-7,10-12H,1,3,5,8H2,(H,18,19). The quantitative estimate of drug-likeness (QED) is 0.872. The Bertz CT molecular complexity index is 503. The number of hydrogen-bond donors (Lipinski definition) is 1. The zero-order valence-electron chi connectivity index (χ0n) is 10.5. The molecule has 1 amide bonds. The van der Waals surface area contributed by atoms with Gasteiger partial charge in [0, 0.05) is 18.9 Å². The third-order valence-electron chi connectivity index (χ3n) is 4.31. The summed E-state index contributed by atoms with van der Waals surface area (Å²) in [5.41, 5.74) is 0.466. The van der Waals surface area contributed by atoms with Crippen LogP contribution in [0.3, 0.4) is 0 Å². The summed E-state index contributed by atoms with van der Waals surface area (Å²) < 4.78 is 0. The Labute approximate surface area is 111 Å². The molecule has 0 spiro atoms. The highest BCUT2D eigenvalue weighted by molar-refractivity contribution is 5.96. The second kappa shape index (κ2) is 4.64. The van der Waals surface area contributed by atoms with E-state index in [0.29, 0.717) is 18.0 Å². The molecule has 5 heteroatoms. The third-order valence-corrected chi connectivity index (χ3v) is 4.31. The monoisotopic (exact) mass is 260 g/mol. The summed E-state index contributed by atoms with van der Waals surface area (Å²) in [5, 5.41) is 9.42. The molecule has 2 fully saturated rings. The van der Waals surface area contributed by atoms with Crippen LogP contribution in [0.15, 0.2) is 24.5 Å². The lowest BCUT2D eigenvalue weighted by molar-refractivity contribution is -0.142. The van der Waals surface area contributed by atoms with Crippen molar-refractivity contribution in [3.8, 4) is 0 Å². The van der Waals surface area contributed by atoms with E-state index in [2.05, 4.69) is 4.98 Å². The number of carbonyl (C=O) groups is 2. The topological polar surface area (TPSA) is 70.5 Å². The minimum atomic E-state index is -0.883. The first-order chi connectivity index (χ1) is 9.18. The van der Waals surface area contributed by atoms with Gasteiger partial charge < -0.3 is 10.0 Å². The van der Waals surface area contributed by atoms with Crippen LogP contribution in [0.4, 0.5) is 0 Å². The Morgan fingerprint density at radius 2 is 2.21 bits per heavy atom. The van der Waals surface area contributed by atoms with E-state index < -0.39 is 12.0 Å². The second-order valence-corrected chi connectivity index (χ2v) is 5.34. The highest BCUT2D eigenvalue weighted by atomic mass is 16.4. The predicted molar refractivity (Wildman–Crippen MR) is 67.5 cm³/mol. The zero-order valence-corrected chi connectivity index (χ0v) is 10.5. The number of aliphatic carboxylic acids is 1. The van der Waals surface area contributed by atoms with Gasteiger partial charge >= 0.3 is 5.97 Å². The van der Waals surface area contributed by atoms with Crippen LogP contribution >= 0.6 is 0 Å². The second-order valence-electron chi connectivity index (χ2n) is 5.34. The summed E-state index contributed by atoms with van der Waals surface area (Å²) in [7, 11) is 0. The maximum Gasteiger partial charge on any atom is 0.326 e. The molecule has 100 valence electrons. The number of nitrogens with zero attached hydrogens (tertiary/aromatic N) is 2. The Hall–Kier alpha value is -1.91. The smallest absolute Gasteiger partial charge is 0.326 e. The number of pyridine rings is 1. The first kappa shape index (κ1) is 12.1. The van der Waals surface area contributed by atoms with Gasteiger partial charge in [-0.1, -0.05) is 6.42 Å². The Morgan fingerprint density at radius 1 is 1.37 bits per heavy atom. The molecule has 2 heterocycles. The fourth-order valence-electron chi connectivity index (χ4n) is 3.49. The summed E-state index contributed by atoms with van der Waals surface area (Å²) in [6, 6.07) is 2.71. The van der Waals surface area contributed by atoms with Crippen molar-refractivity contribution in [1.29, 1.82) is 0 Å². The van der Waals surface area contributed by atoms with Crippen molar-refractivity contribution in [3.63, 3.8) is 0 Å². The van der Waals surface area contributed by atoms with Crippen LogP contribution < -0.4 is 0 Å². The minimum Gasteiger partial charge on any atom is -0.480 e. The van der Waals surface area contributed by atoms with Crippen molar-refractivity contribution in [1.82, 2.24) is 9.88 Å². The number of hydrogen-bond acceptors (Lipinski definition) is 3. The van der Waals surface area contributed by atoms with Gasteiger partial charge in [-0.2, -0.15) is 0 Å². The number of fused-ring (bicyclic) bond motifs is 1. The van der Waals surface area contributed by atoms with Gasteiger partial charge in [0.15, 0.2) is 0 Å². The van der Waals surface area contributed by atoms with E-state index in [9.17, 15) is 14.7 Å². The van der Waals surface area contributed by atoms with Crippen molar-refractivity contribution in [3.05, 3.63) is 30.1 Å². The number of amides is 1. The number of rotatable bonds is 2. The van der Waals surface area contributed by atoms with Crippen LogP contribution in [0.1, 0.15) is 29.6 Å². The molecule has 0 aromatic carbocycles. The van der Waals surface area contributed by atoms with Crippen LogP contribution in [0.2, 0.25) is 0 Å². The third kappa shape index (κ3) is 1.99. The van der Waals surface area contributed by atoms with Gasteiger partial charge in [0.05, 0.1) is 5.56 Å². The van der Waals surface area contributed by atoms with E-state index in [0.717, 1.165) is 19.3 Å². The number of aromatic nitrogens is 1. The largest absolute Gasteiger partial charge is 0.480 e. The van der Waals surface area contributed by atoms with Crippen molar-refractivity contribution in [2.45, 2.75) is 25.3 Å². The molecule has 19 heavy (non-hydrogen) atoms. The van der Waals surface area contributed by atoms with Gasteiger partial charge in [-0.05, 0) is 36.8 Å². The van der Waals surface area contributed by atoms with Gasteiger partial charge in [-0.3, -0.25) is 9.78 Å². The maximum absolute atomic E-state index is 12.4. The summed E-state index contributed by atoms with van der Waals surface area (Å²) >= 11 is 0. The average molecular weight is 260 g/mol. The minimum absolute atomic E-state index is 0.123. The van der Waals surface area contributed by atoms with Crippen LogP contribution in [0.25, 0.3) is 0 Å². The van der Waals surface area contributed by atoms with Crippen molar-refractivity contribution in [2.24, 2.45) is 11.8 Å². The van der Waals surface area contributed by atoms with E-state index >= 15 is 0 Å². The lowest BCUT2D eigenvalue weighted by Crippen LogP contribution is -2.43. The van der Waals surface area contributed by atoms with Gasteiger partial charge in [-0.25, -0.2) is 4.79 Å². The van der Waals surface area contributed by atoms with Gasteiger partial charge in [0.1, 0.15) is 6.04 Å². The molecule has 5 nitrogen and oxygen atoms in total. The molecule has 3 rings (SSSR count). The molecule has 2 aliphatic rings. The molecule has 1 saturated carbocycles. The lowest BCUT2D eigenvalue weighted by Gasteiger charge is -2.24. The zero-order chi connectivity index (χ0) is 13.4. The van der Waals surface area contributed by atoms with Crippen molar-refractivity contribution < 1.29 is 14.7 Å². The molecule has 1 N–H and O–H groups in total. The highest BCUT2D eigenvalue weighted by Crippen LogP contribution is 2.42. The molecule has 1 aliphatic heterocycles. The number of carbonyl (C=O) groups excluding carboxylic acids is 1. The predicted octanol–water partition coefficient (Wildman–Crippen LogP) is 1.41. The first-order valence-electron chi connectivity index (χ1n) is 6.62. The fraction of sp³-hybridized carbons (Fsp3) is 0.500. The van der Waals surface area contributed by atoms with Crippen LogP contribution in [0.5, 0.6) is 0 Å². The van der Waals surface area contributed by atoms with Crippen LogP contribution in [0, 0.1) is 11.8 Å². The van der Waals surface area contributed by atoms with E-state index in [4.69, 9.17) is 0 Å². The average Bonchev–Trinajstić information content (AvgIpc) is 2.98. The van der Waals surface area contributed by atoms with Crippen LogP contribution in [-0.4, -0.2) is 39.5 Å². The van der Waals surface area contributed by atoms with Crippen molar-refractivity contribution >= 4 is 11.9 Å². The van der Waals surface area contributed by atoms with E-state index in [-0.39, 0.29) is 11.8 Å². The van der Waals surface area contributed by atoms with Crippen LogP contribution in [-0.2, 0) is 4.79 Å². The number of carboxylic acid groups (broad SMARTS) is 1. The number of carboxylic acids is 1. The fourth-order valence-corrected chi connectivity index (χ4v) is 3.49. The molecule has 1 saturated heterocycles. The van der Waals surface area contributed by atoms with Crippen molar-refractivity contribution in [2.75, 3.05) is 6.54 Å². The SMILES string of the molecule is O=C(O)C1C2CCCC2CN1C(=O)c1cccnc1. The van der Waals surface area contributed by atoms with Gasteiger partial charge in [0.2, 0.25) is 0 Å². The Balaban J connectivity index is 1.88. The van der Waals surface area contributed by atoms with Gasteiger partial charge in [-0.15, -0.1) is 0 Å². The summed E-state index contributed by atoms with van der Waals surface area (Å²) in [5.74, 6) is -0.624. The normalized spacial score (nSPS) is 29.3. The lowest BCUT2D eigenvalue weighted by atomic mass is 9.94. The summed E-state index contributed by atoms with van der Waals surface area (Å²) in [6.07, 6.45) is 6.12. The summed E-state index contributed by atoms with van der Waals surface area (Å²) in [6.45, 7) is 0.565. The number of likely N-dealkylation sites (tertiary alicyclic amines) is 1. The van der Waals surface area contributed by atoms with E-state index in [1.54, 1.807) is 18.3 Å². The van der Waals surface area contributed by atoms with E-state index in [1.165, 1.54) is 11.1 Å². The van der Waals surface area contributed by atoms with Gasteiger partial charge in [0.25, 0.3) is 5.91 Å². The molecular weight excluding hydrogens is 244 g/mol. The molecule has 1 aromatic rings. The molecule has 0 radical (unpaired) electrons. The molecular formula is C14H16N2O3. The molecule has 3 atom stereocenters. The highest BCUT2D eigenvalue weighted by Gasteiger charge is 2.49. The molecule has 1 aliphatic carbocycles. The molecule has 0 bridgehead atoms.